The van der Waals surface area contributed by atoms with Crippen LogP contribution >= 0.6 is 12.4 Å². The van der Waals surface area contributed by atoms with Crippen molar-refractivity contribution < 1.29 is 13.2 Å². The molecule has 2 unspecified atom stereocenters. The normalized spacial score (nSPS) is 27.4. The first-order valence-electron chi connectivity index (χ1n) is 5.19. The largest absolute Gasteiger partial charge is 0.384 e. The first kappa shape index (κ1) is 16.1. The molecule has 1 aliphatic rings. The number of halogens is 1. The Labute approximate surface area is 104 Å². The second-order valence-corrected chi connectivity index (χ2v) is 6.08. The second-order valence-electron chi connectivity index (χ2n) is 4.04. The maximum Gasteiger partial charge on any atom is 0.216 e. The van der Waals surface area contributed by atoms with Crippen molar-refractivity contribution in [2.75, 3.05) is 32.6 Å². The zero-order valence-electron chi connectivity index (χ0n) is 9.97. The molecular formula is C9H21ClN2O3S. The van der Waals surface area contributed by atoms with Gasteiger partial charge in [-0.3, -0.25) is 0 Å². The molecule has 5 nitrogen and oxygen atoms in total. The third-order valence-corrected chi connectivity index (χ3v) is 4.52. The zero-order chi connectivity index (χ0) is 11.5. The minimum atomic E-state index is -3.16. The summed E-state index contributed by atoms with van der Waals surface area (Å²) < 4.78 is 30.2. The highest BCUT2D eigenvalue weighted by Crippen LogP contribution is 2.12. The van der Waals surface area contributed by atoms with E-state index >= 15 is 0 Å². The Morgan fingerprint density at radius 2 is 2.06 bits per heavy atom. The van der Waals surface area contributed by atoms with Crippen molar-refractivity contribution in [1.29, 1.82) is 0 Å². The van der Waals surface area contributed by atoms with Crippen molar-refractivity contribution in [2.45, 2.75) is 25.9 Å². The van der Waals surface area contributed by atoms with Crippen LogP contribution in [0.25, 0.3) is 0 Å². The van der Waals surface area contributed by atoms with Gasteiger partial charge >= 0.3 is 0 Å². The van der Waals surface area contributed by atoms with Crippen LogP contribution in [0.1, 0.15) is 13.8 Å². The number of rotatable bonds is 4. The van der Waals surface area contributed by atoms with Crippen molar-refractivity contribution in [3.05, 3.63) is 0 Å². The number of piperazine rings is 1. The number of nitrogens with zero attached hydrogens (tertiary/aromatic N) is 1. The molecule has 1 aliphatic heterocycles. The van der Waals surface area contributed by atoms with Gasteiger partial charge in [-0.15, -0.1) is 12.4 Å². The van der Waals surface area contributed by atoms with Crippen LogP contribution in [0.15, 0.2) is 0 Å². The van der Waals surface area contributed by atoms with E-state index in [9.17, 15) is 8.42 Å². The molecule has 1 N–H and O–H groups in total. The van der Waals surface area contributed by atoms with E-state index in [1.165, 1.54) is 7.11 Å². The summed E-state index contributed by atoms with van der Waals surface area (Å²) in [6.07, 6.45) is 0. The highest BCUT2D eigenvalue weighted by Gasteiger charge is 2.31. The fourth-order valence-electron chi connectivity index (χ4n) is 1.68. The number of hydrogen-bond acceptors (Lipinski definition) is 4. The van der Waals surface area contributed by atoms with Gasteiger partial charge in [0.1, 0.15) is 0 Å². The number of sulfonamides is 1. The lowest BCUT2D eigenvalue weighted by Gasteiger charge is -2.36. The third-order valence-electron chi connectivity index (χ3n) is 2.61. The number of ether oxygens (including phenoxy) is 1. The Kier molecular flexibility index (Phi) is 6.81. The van der Waals surface area contributed by atoms with Gasteiger partial charge in [-0.1, -0.05) is 0 Å². The van der Waals surface area contributed by atoms with Gasteiger partial charge < -0.3 is 10.1 Å². The van der Waals surface area contributed by atoms with E-state index in [0.29, 0.717) is 13.1 Å². The van der Waals surface area contributed by atoms with Crippen molar-refractivity contribution in [3.8, 4) is 0 Å². The molecule has 0 saturated carbocycles. The maximum absolute atomic E-state index is 11.9. The van der Waals surface area contributed by atoms with Crippen LogP contribution < -0.4 is 5.32 Å². The SMILES string of the molecule is COCCS(=O)(=O)N1CC(C)NCC1C.Cl. The Bertz CT molecular complexity index is 297. The van der Waals surface area contributed by atoms with Crippen LogP contribution in [-0.2, 0) is 14.8 Å². The first-order valence-corrected chi connectivity index (χ1v) is 6.80. The predicted octanol–water partition coefficient (Wildman–Crippen LogP) is 0.0666. The van der Waals surface area contributed by atoms with Gasteiger partial charge in [0.15, 0.2) is 0 Å². The van der Waals surface area contributed by atoms with Gasteiger partial charge in [0.05, 0.1) is 12.4 Å². The smallest absolute Gasteiger partial charge is 0.216 e. The molecule has 0 spiro atoms. The van der Waals surface area contributed by atoms with Crippen LogP contribution in [0.5, 0.6) is 0 Å². The second kappa shape index (κ2) is 6.76. The molecule has 1 rings (SSSR count). The molecule has 0 aromatic carbocycles. The van der Waals surface area contributed by atoms with Gasteiger partial charge in [-0.25, -0.2) is 8.42 Å². The highest BCUT2D eigenvalue weighted by atomic mass is 35.5. The van der Waals surface area contributed by atoms with Gasteiger partial charge in [-0.2, -0.15) is 4.31 Å². The summed E-state index contributed by atoms with van der Waals surface area (Å²) in [7, 11) is -1.65. The predicted molar refractivity (Wildman–Crippen MR) is 66.5 cm³/mol. The minimum Gasteiger partial charge on any atom is -0.384 e. The maximum atomic E-state index is 11.9. The van der Waals surface area contributed by atoms with Gasteiger partial charge in [0.25, 0.3) is 0 Å². The van der Waals surface area contributed by atoms with Gasteiger partial charge in [-0.05, 0) is 13.8 Å². The summed E-state index contributed by atoms with van der Waals surface area (Å²) in [6, 6.07) is 0.251. The molecule has 7 heteroatoms. The van der Waals surface area contributed by atoms with E-state index in [1.807, 2.05) is 13.8 Å². The molecule has 2 atom stereocenters. The molecule has 0 aromatic heterocycles. The van der Waals surface area contributed by atoms with Crippen LogP contribution in [0.2, 0.25) is 0 Å². The Morgan fingerprint density at radius 3 is 2.62 bits per heavy atom. The zero-order valence-corrected chi connectivity index (χ0v) is 11.6. The van der Waals surface area contributed by atoms with Crippen molar-refractivity contribution >= 4 is 22.4 Å². The van der Waals surface area contributed by atoms with E-state index in [0.717, 1.165) is 0 Å². The van der Waals surface area contributed by atoms with E-state index in [4.69, 9.17) is 4.74 Å². The fraction of sp³-hybridized carbons (Fsp3) is 1.00. The molecular weight excluding hydrogens is 252 g/mol. The monoisotopic (exact) mass is 272 g/mol. The Morgan fingerprint density at radius 1 is 1.44 bits per heavy atom. The highest BCUT2D eigenvalue weighted by molar-refractivity contribution is 7.89. The van der Waals surface area contributed by atoms with Crippen LogP contribution in [0.4, 0.5) is 0 Å². The summed E-state index contributed by atoms with van der Waals surface area (Å²) in [5.41, 5.74) is 0. The average molecular weight is 273 g/mol. The van der Waals surface area contributed by atoms with E-state index < -0.39 is 10.0 Å². The summed E-state index contributed by atoms with van der Waals surface area (Å²) in [6.45, 7) is 5.43. The molecule has 0 amide bonds. The quantitative estimate of drug-likeness (QED) is 0.787. The first-order chi connectivity index (χ1) is 6.97. The average Bonchev–Trinajstić information content (AvgIpc) is 2.18. The molecule has 0 bridgehead atoms. The van der Waals surface area contributed by atoms with E-state index in [2.05, 4.69) is 5.32 Å². The van der Waals surface area contributed by atoms with E-state index in [-0.39, 0.29) is 36.9 Å². The summed E-state index contributed by atoms with van der Waals surface area (Å²) in [5, 5.41) is 3.25. The molecule has 16 heavy (non-hydrogen) atoms. The lowest BCUT2D eigenvalue weighted by molar-refractivity contribution is 0.209. The fourth-order valence-corrected chi connectivity index (χ4v) is 3.37. The molecule has 1 fully saturated rings. The summed E-state index contributed by atoms with van der Waals surface area (Å²) in [5.74, 6) is 0.0700. The van der Waals surface area contributed by atoms with Crippen LogP contribution in [-0.4, -0.2) is 57.4 Å². The Hall–Kier alpha value is 0.120. The van der Waals surface area contributed by atoms with Crippen LogP contribution in [0.3, 0.4) is 0 Å². The lowest BCUT2D eigenvalue weighted by atomic mass is 10.2. The van der Waals surface area contributed by atoms with Crippen molar-refractivity contribution in [1.82, 2.24) is 9.62 Å². The molecule has 0 radical (unpaired) electrons. The third kappa shape index (κ3) is 4.18. The van der Waals surface area contributed by atoms with Gasteiger partial charge in [0.2, 0.25) is 10.0 Å². The number of methoxy groups -OCH3 is 1. The standard InChI is InChI=1S/C9H20N2O3S.ClH/c1-8-7-11(9(2)6-10-8)15(12,13)5-4-14-3;/h8-10H,4-7H2,1-3H3;1H. The topological polar surface area (TPSA) is 58.6 Å². The van der Waals surface area contributed by atoms with E-state index in [1.54, 1.807) is 4.31 Å². The van der Waals surface area contributed by atoms with Crippen molar-refractivity contribution in [2.24, 2.45) is 0 Å². The molecule has 1 saturated heterocycles. The molecule has 98 valence electrons. The van der Waals surface area contributed by atoms with Gasteiger partial charge in [0, 0.05) is 32.3 Å². The Balaban J connectivity index is 0.00000225. The number of nitrogens with one attached hydrogen (secondary N) is 1. The molecule has 0 aliphatic carbocycles. The molecule has 1 heterocycles. The number of hydrogen-bond donors (Lipinski definition) is 1. The van der Waals surface area contributed by atoms with Crippen LogP contribution in [0, 0.1) is 0 Å². The minimum absolute atomic E-state index is 0. The lowest BCUT2D eigenvalue weighted by Crippen LogP contribution is -2.56. The summed E-state index contributed by atoms with van der Waals surface area (Å²) in [4.78, 5) is 0. The summed E-state index contributed by atoms with van der Waals surface area (Å²) >= 11 is 0. The van der Waals surface area contributed by atoms with Crippen molar-refractivity contribution in [3.63, 3.8) is 0 Å². The molecule has 0 aromatic rings.